The van der Waals surface area contributed by atoms with Gasteiger partial charge >= 0.3 is 0 Å². The lowest BCUT2D eigenvalue weighted by Gasteiger charge is -2.37. The minimum atomic E-state index is -0.627. The van der Waals surface area contributed by atoms with Gasteiger partial charge in [0.25, 0.3) is 0 Å². The van der Waals surface area contributed by atoms with Gasteiger partial charge in [-0.15, -0.1) is 0 Å². The van der Waals surface area contributed by atoms with E-state index in [1.165, 1.54) is 6.07 Å². The van der Waals surface area contributed by atoms with Crippen LogP contribution in [0.15, 0.2) is 53.1 Å². The van der Waals surface area contributed by atoms with Crippen molar-refractivity contribution in [3.05, 3.63) is 60.0 Å². The summed E-state index contributed by atoms with van der Waals surface area (Å²) in [5, 5.41) is 4.26. The Labute approximate surface area is 191 Å². The number of halogens is 1. The highest BCUT2D eigenvalue weighted by atomic mass is 19.1. The van der Waals surface area contributed by atoms with Crippen LogP contribution in [-0.4, -0.2) is 56.4 Å². The molecule has 0 spiro atoms. The zero-order chi connectivity index (χ0) is 23.0. The lowest BCUT2D eigenvalue weighted by Crippen LogP contribution is -2.51. The van der Waals surface area contributed by atoms with Crippen molar-refractivity contribution in [1.29, 1.82) is 0 Å². The fourth-order valence-electron chi connectivity index (χ4n) is 4.49. The predicted octanol–water partition coefficient (Wildman–Crippen LogP) is 3.88. The first-order valence-corrected chi connectivity index (χ1v) is 11.0. The quantitative estimate of drug-likeness (QED) is 0.567. The third-order valence-corrected chi connectivity index (χ3v) is 6.59. The van der Waals surface area contributed by atoms with E-state index in [0.717, 1.165) is 18.4 Å². The monoisotopic (exact) mass is 451 g/mol. The van der Waals surface area contributed by atoms with Crippen molar-refractivity contribution in [2.45, 2.75) is 18.3 Å². The molecule has 1 aliphatic heterocycles. The summed E-state index contributed by atoms with van der Waals surface area (Å²) in [4.78, 5) is 17.3. The van der Waals surface area contributed by atoms with Gasteiger partial charge < -0.3 is 23.8 Å². The normalized spacial score (nSPS) is 17.1. The molecular weight excluding hydrogens is 425 g/mol. The second-order valence-corrected chi connectivity index (χ2v) is 8.46. The first kappa shape index (κ1) is 21.3. The second kappa shape index (κ2) is 8.42. The Bertz CT molecular complexity index is 1170. The van der Waals surface area contributed by atoms with Crippen molar-refractivity contribution in [3.8, 4) is 22.8 Å². The molecule has 0 radical (unpaired) electrons. The maximum absolute atomic E-state index is 14.1. The van der Waals surface area contributed by atoms with Crippen LogP contribution in [0.25, 0.3) is 11.3 Å². The first-order valence-electron chi connectivity index (χ1n) is 11.0. The number of ether oxygens (including phenoxy) is 2. The van der Waals surface area contributed by atoms with Crippen LogP contribution < -0.4 is 14.4 Å². The molecule has 1 amide bonds. The minimum Gasteiger partial charge on any atom is -0.493 e. The maximum Gasteiger partial charge on any atom is 0.235 e. The largest absolute Gasteiger partial charge is 0.493 e. The number of piperazine rings is 1. The van der Waals surface area contributed by atoms with E-state index in [2.05, 4.69) is 5.16 Å². The molecule has 3 aromatic rings. The van der Waals surface area contributed by atoms with Gasteiger partial charge in [-0.05, 0) is 43.2 Å². The highest BCUT2D eigenvalue weighted by Gasteiger charge is 2.55. The van der Waals surface area contributed by atoms with Gasteiger partial charge in [0.1, 0.15) is 5.82 Å². The summed E-state index contributed by atoms with van der Waals surface area (Å²) in [7, 11) is 3.17. The van der Waals surface area contributed by atoms with Gasteiger partial charge in [-0.1, -0.05) is 17.3 Å². The molecule has 1 saturated heterocycles. The van der Waals surface area contributed by atoms with Crippen LogP contribution in [0, 0.1) is 5.82 Å². The van der Waals surface area contributed by atoms with E-state index in [4.69, 9.17) is 14.0 Å². The van der Waals surface area contributed by atoms with E-state index in [0.29, 0.717) is 54.8 Å². The number of benzene rings is 2. The van der Waals surface area contributed by atoms with Crippen molar-refractivity contribution in [2.24, 2.45) is 0 Å². The summed E-state index contributed by atoms with van der Waals surface area (Å²) >= 11 is 0. The molecule has 0 N–H and O–H groups in total. The number of para-hydroxylation sites is 1. The fourth-order valence-corrected chi connectivity index (χ4v) is 4.49. The molecule has 1 aliphatic carbocycles. The molecule has 33 heavy (non-hydrogen) atoms. The van der Waals surface area contributed by atoms with Gasteiger partial charge in [0.15, 0.2) is 17.3 Å². The van der Waals surface area contributed by atoms with Gasteiger partial charge in [-0.25, -0.2) is 4.39 Å². The molecule has 1 aromatic heterocycles. The highest BCUT2D eigenvalue weighted by Crippen LogP contribution is 2.50. The smallest absolute Gasteiger partial charge is 0.235 e. The molecule has 0 atom stereocenters. The van der Waals surface area contributed by atoms with Crippen molar-refractivity contribution in [2.75, 3.05) is 45.3 Å². The van der Waals surface area contributed by atoms with Crippen LogP contribution in [-0.2, 0) is 10.2 Å². The maximum atomic E-state index is 14.1. The molecule has 1 saturated carbocycles. The van der Waals surface area contributed by atoms with Crippen molar-refractivity contribution in [3.63, 3.8) is 0 Å². The van der Waals surface area contributed by atoms with Crippen LogP contribution in [0.5, 0.6) is 11.5 Å². The standard InChI is InChI=1S/C25H26FN3O4/c1-31-20-8-7-17(15-22(20)32-2)21-16-23(27-33-21)25(9-10-25)24(30)29-13-11-28(12-14-29)19-6-4-3-5-18(19)26/h3-8,15-16H,9-14H2,1-2H3. The summed E-state index contributed by atoms with van der Waals surface area (Å²) in [6.07, 6.45) is 1.49. The van der Waals surface area contributed by atoms with Gasteiger partial charge in [-0.3, -0.25) is 4.79 Å². The number of hydrogen-bond acceptors (Lipinski definition) is 6. The first-order chi connectivity index (χ1) is 16.1. The zero-order valence-corrected chi connectivity index (χ0v) is 18.7. The van der Waals surface area contributed by atoms with Crippen molar-refractivity contribution >= 4 is 11.6 Å². The van der Waals surface area contributed by atoms with Gasteiger partial charge in [0.05, 0.1) is 31.0 Å². The molecule has 5 rings (SSSR count). The minimum absolute atomic E-state index is 0.0721. The van der Waals surface area contributed by atoms with Gasteiger partial charge in [0.2, 0.25) is 5.91 Å². The third kappa shape index (κ3) is 3.79. The summed E-state index contributed by atoms with van der Waals surface area (Å²) in [6, 6.07) is 14.1. The Kier molecular flexibility index (Phi) is 5.44. The van der Waals surface area contributed by atoms with Crippen LogP contribution in [0.3, 0.4) is 0 Å². The van der Waals surface area contributed by atoms with Crippen LogP contribution in [0.2, 0.25) is 0 Å². The molecule has 8 heteroatoms. The topological polar surface area (TPSA) is 68.0 Å². The third-order valence-electron chi connectivity index (χ3n) is 6.59. The summed E-state index contributed by atoms with van der Waals surface area (Å²) < 4.78 is 30.4. The summed E-state index contributed by atoms with van der Waals surface area (Å²) in [5.74, 6) is 1.64. The number of methoxy groups -OCH3 is 2. The Morgan fingerprint density at radius 2 is 1.73 bits per heavy atom. The summed E-state index contributed by atoms with van der Waals surface area (Å²) in [5.41, 5.74) is 1.42. The fraction of sp³-hybridized carbons (Fsp3) is 0.360. The van der Waals surface area contributed by atoms with E-state index < -0.39 is 5.41 Å². The highest BCUT2D eigenvalue weighted by molar-refractivity contribution is 5.91. The molecule has 172 valence electrons. The zero-order valence-electron chi connectivity index (χ0n) is 18.7. The number of carbonyl (C=O) groups excluding carboxylic acids is 1. The van der Waals surface area contributed by atoms with E-state index in [-0.39, 0.29) is 11.7 Å². The number of amides is 1. The van der Waals surface area contributed by atoms with Crippen LogP contribution >= 0.6 is 0 Å². The van der Waals surface area contributed by atoms with E-state index in [1.807, 2.05) is 40.1 Å². The number of aromatic nitrogens is 1. The Balaban J connectivity index is 1.30. The average Bonchev–Trinajstić information content (AvgIpc) is 3.52. The Morgan fingerprint density at radius 3 is 2.39 bits per heavy atom. The molecule has 2 heterocycles. The summed E-state index contributed by atoms with van der Waals surface area (Å²) in [6.45, 7) is 2.29. The number of rotatable bonds is 6. The van der Waals surface area contributed by atoms with Crippen LogP contribution in [0.1, 0.15) is 18.5 Å². The van der Waals surface area contributed by atoms with E-state index in [9.17, 15) is 9.18 Å². The molecule has 2 fully saturated rings. The molecule has 0 unspecified atom stereocenters. The lowest BCUT2D eigenvalue weighted by atomic mass is 9.99. The molecule has 7 nitrogen and oxygen atoms in total. The lowest BCUT2D eigenvalue weighted by molar-refractivity contribution is -0.134. The van der Waals surface area contributed by atoms with Crippen LogP contribution in [0.4, 0.5) is 10.1 Å². The Hall–Kier alpha value is -3.55. The van der Waals surface area contributed by atoms with Gasteiger partial charge in [0, 0.05) is 37.8 Å². The van der Waals surface area contributed by atoms with Crippen molar-refractivity contribution in [1.82, 2.24) is 10.1 Å². The van der Waals surface area contributed by atoms with E-state index in [1.54, 1.807) is 26.4 Å². The predicted molar refractivity (Wildman–Crippen MR) is 121 cm³/mol. The Morgan fingerprint density at radius 1 is 1.00 bits per heavy atom. The number of nitrogens with zero attached hydrogens (tertiary/aromatic N) is 3. The van der Waals surface area contributed by atoms with Crippen molar-refractivity contribution < 1.29 is 23.2 Å². The van der Waals surface area contributed by atoms with Gasteiger partial charge in [-0.2, -0.15) is 0 Å². The molecule has 0 bridgehead atoms. The molecular formula is C25H26FN3O4. The SMILES string of the molecule is COc1ccc(-c2cc(C3(C(=O)N4CCN(c5ccccc5F)CC4)CC3)no2)cc1OC. The second-order valence-electron chi connectivity index (χ2n) is 8.46. The molecule has 2 aromatic carbocycles. The number of anilines is 1. The average molecular weight is 451 g/mol. The number of hydrogen-bond donors (Lipinski definition) is 0. The van der Waals surface area contributed by atoms with E-state index >= 15 is 0 Å². The molecule has 2 aliphatic rings. The number of carbonyl (C=O) groups is 1.